The van der Waals surface area contributed by atoms with Crippen LogP contribution in [0.3, 0.4) is 0 Å². The van der Waals surface area contributed by atoms with E-state index in [0.29, 0.717) is 0 Å². The Labute approximate surface area is 112 Å². The molecule has 1 rings (SSSR count). The van der Waals surface area contributed by atoms with Crippen molar-refractivity contribution in [1.82, 2.24) is 10.6 Å². The second kappa shape index (κ2) is 7.84. The van der Waals surface area contributed by atoms with Gasteiger partial charge in [0.05, 0.1) is 6.54 Å². The minimum absolute atomic E-state index is 0.0873. The standard InChI is InChI=1S/C14H20F2N2O/c1-3-4-10(2)18-14(19)9-17-8-11-7-12(15)5-6-13(11)16/h5-7,10,17H,3-4,8-9H2,1-2H3,(H,18,19). The van der Waals surface area contributed by atoms with Crippen molar-refractivity contribution >= 4 is 5.91 Å². The van der Waals surface area contributed by atoms with Crippen LogP contribution in [0.15, 0.2) is 18.2 Å². The zero-order valence-electron chi connectivity index (χ0n) is 11.3. The van der Waals surface area contributed by atoms with E-state index in [1.165, 1.54) is 0 Å². The lowest BCUT2D eigenvalue weighted by Crippen LogP contribution is -2.38. The van der Waals surface area contributed by atoms with E-state index >= 15 is 0 Å². The Morgan fingerprint density at radius 1 is 1.37 bits per heavy atom. The molecule has 0 aliphatic carbocycles. The number of carbonyl (C=O) groups excluding carboxylic acids is 1. The summed E-state index contributed by atoms with van der Waals surface area (Å²) in [6.45, 7) is 4.20. The summed E-state index contributed by atoms with van der Waals surface area (Å²) in [5, 5.41) is 5.62. The molecule has 0 saturated carbocycles. The van der Waals surface area contributed by atoms with Crippen molar-refractivity contribution in [3.63, 3.8) is 0 Å². The Morgan fingerprint density at radius 3 is 2.79 bits per heavy atom. The second-order valence-electron chi connectivity index (χ2n) is 4.60. The van der Waals surface area contributed by atoms with Gasteiger partial charge in [0.1, 0.15) is 11.6 Å². The normalized spacial score (nSPS) is 12.2. The highest BCUT2D eigenvalue weighted by Gasteiger charge is 2.07. The Kier molecular flexibility index (Phi) is 6.42. The minimum Gasteiger partial charge on any atom is -0.353 e. The summed E-state index contributed by atoms with van der Waals surface area (Å²) >= 11 is 0. The van der Waals surface area contributed by atoms with Crippen LogP contribution in [0.1, 0.15) is 32.3 Å². The van der Waals surface area contributed by atoms with Crippen LogP contribution < -0.4 is 10.6 Å². The molecule has 106 valence electrons. The highest BCUT2D eigenvalue weighted by atomic mass is 19.1. The minimum atomic E-state index is -0.487. The highest BCUT2D eigenvalue weighted by Crippen LogP contribution is 2.08. The van der Waals surface area contributed by atoms with Crippen LogP contribution in [0.25, 0.3) is 0 Å². The molecule has 1 unspecified atom stereocenters. The number of amides is 1. The maximum absolute atomic E-state index is 13.3. The van der Waals surface area contributed by atoms with E-state index in [4.69, 9.17) is 0 Å². The molecular weight excluding hydrogens is 250 g/mol. The fraction of sp³-hybridized carbons (Fsp3) is 0.500. The van der Waals surface area contributed by atoms with E-state index in [9.17, 15) is 13.6 Å². The third-order valence-corrected chi connectivity index (χ3v) is 2.74. The topological polar surface area (TPSA) is 41.1 Å². The smallest absolute Gasteiger partial charge is 0.234 e. The van der Waals surface area contributed by atoms with Crippen molar-refractivity contribution in [1.29, 1.82) is 0 Å². The number of halogens is 2. The predicted molar refractivity (Wildman–Crippen MR) is 70.6 cm³/mol. The van der Waals surface area contributed by atoms with E-state index in [0.717, 1.165) is 31.0 Å². The molecule has 0 heterocycles. The number of hydrogen-bond donors (Lipinski definition) is 2. The molecular formula is C14H20F2N2O. The molecule has 2 N–H and O–H groups in total. The fourth-order valence-electron chi connectivity index (χ4n) is 1.82. The van der Waals surface area contributed by atoms with E-state index in [2.05, 4.69) is 10.6 Å². The summed E-state index contributed by atoms with van der Waals surface area (Å²) in [6.07, 6.45) is 1.92. The SMILES string of the molecule is CCCC(C)NC(=O)CNCc1cc(F)ccc1F. The lowest BCUT2D eigenvalue weighted by Gasteiger charge is -2.13. The Bertz CT molecular complexity index is 424. The number of nitrogens with one attached hydrogen (secondary N) is 2. The van der Waals surface area contributed by atoms with Gasteiger partial charge in [0, 0.05) is 18.2 Å². The van der Waals surface area contributed by atoms with Crippen LogP contribution in [-0.2, 0) is 11.3 Å². The summed E-state index contributed by atoms with van der Waals surface area (Å²) in [6, 6.07) is 3.40. The lowest BCUT2D eigenvalue weighted by molar-refractivity contribution is -0.120. The van der Waals surface area contributed by atoms with Crippen molar-refractivity contribution in [2.24, 2.45) is 0 Å². The first-order valence-electron chi connectivity index (χ1n) is 6.47. The van der Waals surface area contributed by atoms with Gasteiger partial charge in [-0.3, -0.25) is 4.79 Å². The maximum atomic E-state index is 13.3. The van der Waals surface area contributed by atoms with Gasteiger partial charge in [-0.25, -0.2) is 8.78 Å². The number of rotatable bonds is 7. The van der Waals surface area contributed by atoms with Gasteiger partial charge in [-0.15, -0.1) is 0 Å². The van der Waals surface area contributed by atoms with Gasteiger partial charge in [0.25, 0.3) is 0 Å². The summed E-state index contributed by atoms with van der Waals surface area (Å²) in [5.74, 6) is -1.11. The van der Waals surface area contributed by atoms with Gasteiger partial charge in [-0.05, 0) is 31.5 Å². The largest absolute Gasteiger partial charge is 0.353 e. The molecule has 0 radical (unpaired) electrons. The molecule has 0 aromatic heterocycles. The van der Waals surface area contributed by atoms with Crippen molar-refractivity contribution in [3.8, 4) is 0 Å². The van der Waals surface area contributed by atoms with E-state index in [1.54, 1.807) is 0 Å². The molecule has 1 aromatic carbocycles. The van der Waals surface area contributed by atoms with Crippen LogP contribution >= 0.6 is 0 Å². The molecule has 0 aliphatic heterocycles. The molecule has 0 fully saturated rings. The Balaban J connectivity index is 2.33. The molecule has 5 heteroatoms. The van der Waals surface area contributed by atoms with Gasteiger partial charge in [-0.2, -0.15) is 0 Å². The summed E-state index contributed by atoms with van der Waals surface area (Å²) in [5.41, 5.74) is 0.217. The third kappa shape index (κ3) is 5.79. The van der Waals surface area contributed by atoms with Crippen LogP contribution in [0, 0.1) is 11.6 Å². The molecule has 0 saturated heterocycles. The average Bonchev–Trinajstić information content (AvgIpc) is 2.33. The Hall–Kier alpha value is -1.49. The van der Waals surface area contributed by atoms with E-state index < -0.39 is 11.6 Å². The third-order valence-electron chi connectivity index (χ3n) is 2.74. The van der Waals surface area contributed by atoms with Crippen molar-refractivity contribution in [3.05, 3.63) is 35.4 Å². The van der Waals surface area contributed by atoms with Gasteiger partial charge in [0.2, 0.25) is 5.91 Å². The molecule has 1 amide bonds. The van der Waals surface area contributed by atoms with Gasteiger partial charge >= 0.3 is 0 Å². The number of hydrogen-bond acceptors (Lipinski definition) is 2. The van der Waals surface area contributed by atoms with E-state index in [-0.39, 0.29) is 30.6 Å². The molecule has 1 atom stereocenters. The average molecular weight is 270 g/mol. The molecule has 0 bridgehead atoms. The zero-order chi connectivity index (χ0) is 14.3. The van der Waals surface area contributed by atoms with Crippen LogP contribution in [-0.4, -0.2) is 18.5 Å². The molecule has 19 heavy (non-hydrogen) atoms. The molecule has 0 spiro atoms. The first-order valence-corrected chi connectivity index (χ1v) is 6.47. The summed E-state index contributed by atoms with van der Waals surface area (Å²) in [7, 11) is 0. The van der Waals surface area contributed by atoms with Crippen LogP contribution in [0.5, 0.6) is 0 Å². The lowest BCUT2D eigenvalue weighted by atomic mass is 10.2. The molecule has 1 aromatic rings. The summed E-state index contributed by atoms with van der Waals surface area (Å²) in [4.78, 5) is 11.5. The van der Waals surface area contributed by atoms with Crippen molar-refractivity contribution < 1.29 is 13.6 Å². The van der Waals surface area contributed by atoms with Gasteiger partial charge < -0.3 is 10.6 Å². The fourth-order valence-corrected chi connectivity index (χ4v) is 1.82. The molecule has 3 nitrogen and oxygen atoms in total. The van der Waals surface area contributed by atoms with Crippen molar-refractivity contribution in [2.45, 2.75) is 39.3 Å². The quantitative estimate of drug-likeness (QED) is 0.798. The van der Waals surface area contributed by atoms with Crippen LogP contribution in [0.2, 0.25) is 0 Å². The van der Waals surface area contributed by atoms with Gasteiger partial charge in [0.15, 0.2) is 0 Å². The number of carbonyl (C=O) groups is 1. The summed E-state index contributed by atoms with van der Waals surface area (Å²) < 4.78 is 26.2. The second-order valence-corrected chi connectivity index (χ2v) is 4.60. The predicted octanol–water partition coefficient (Wildman–Crippen LogP) is 2.36. The first kappa shape index (κ1) is 15.6. The Morgan fingerprint density at radius 2 is 2.11 bits per heavy atom. The monoisotopic (exact) mass is 270 g/mol. The molecule has 0 aliphatic rings. The van der Waals surface area contributed by atoms with Gasteiger partial charge in [-0.1, -0.05) is 13.3 Å². The first-order chi connectivity index (χ1) is 9.02. The van der Waals surface area contributed by atoms with Crippen LogP contribution in [0.4, 0.5) is 8.78 Å². The van der Waals surface area contributed by atoms with Crippen molar-refractivity contribution in [2.75, 3.05) is 6.54 Å². The maximum Gasteiger partial charge on any atom is 0.234 e. The highest BCUT2D eigenvalue weighted by molar-refractivity contribution is 5.78. The zero-order valence-corrected chi connectivity index (χ0v) is 11.3. The van der Waals surface area contributed by atoms with E-state index in [1.807, 2.05) is 13.8 Å². The number of benzene rings is 1.